The average molecular weight is 332 g/mol. The number of carbonyl (C=O) groups is 1. The summed E-state index contributed by atoms with van der Waals surface area (Å²) in [5.74, 6) is 0.358. The number of rotatable bonds is 5. The van der Waals surface area contributed by atoms with Crippen molar-refractivity contribution in [3.05, 3.63) is 17.7 Å². The summed E-state index contributed by atoms with van der Waals surface area (Å²) in [7, 11) is 2.82. The van der Waals surface area contributed by atoms with Crippen LogP contribution in [0.1, 0.15) is 31.2 Å². The monoisotopic (exact) mass is 331 g/mol. The molecule has 0 atom stereocenters. The Bertz CT molecular complexity index is 653. The van der Waals surface area contributed by atoms with Gasteiger partial charge >= 0.3 is 0 Å². The largest absolute Gasteiger partial charge is 0.493 e. The molecule has 116 valence electrons. The van der Waals surface area contributed by atoms with Gasteiger partial charge < -0.3 is 10.1 Å². The number of methoxy groups -OCH3 is 1. The van der Waals surface area contributed by atoms with Crippen molar-refractivity contribution in [2.24, 2.45) is 5.92 Å². The molecule has 1 aromatic carbocycles. The molecule has 0 radical (unpaired) electrons. The lowest BCUT2D eigenvalue weighted by Crippen LogP contribution is -2.21. The van der Waals surface area contributed by atoms with Gasteiger partial charge in [0.25, 0.3) is 9.05 Å². The Morgan fingerprint density at radius 3 is 2.57 bits per heavy atom. The normalized spacial score (nSPS) is 15.4. The van der Waals surface area contributed by atoms with Crippen LogP contribution in [0.3, 0.4) is 0 Å². The van der Waals surface area contributed by atoms with Crippen LogP contribution >= 0.6 is 10.7 Å². The average Bonchev–Trinajstić information content (AvgIpc) is 2.32. The van der Waals surface area contributed by atoms with E-state index in [1.165, 1.54) is 19.6 Å². The molecule has 1 fully saturated rings. The maximum atomic E-state index is 12.0. The summed E-state index contributed by atoms with van der Waals surface area (Å²) in [6, 6.07) is 3.09. The fourth-order valence-corrected chi connectivity index (χ4v) is 3.47. The van der Waals surface area contributed by atoms with E-state index in [0.717, 1.165) is 12.8 Å². The quantitative estimate of drug-likeness (QED) is 0.842. The third kappa shape index (κ3) is 3.89. The van der Waals surface area contributed by atoms with E-state index in [1.54, 1.807) is 13.0 Å². The first kappa shape index (κ1) is 16.1. The van der Waals surface area contributed by atoms with Crippen LogP contribution in [0.2, 0.25) is 0 Å². The van der Waals surface area contributed by atoms with E-state index >= 15 is 0 Å². The summed E-state index contributed by atoms with van der Waals surface area (Å²) in [6.07, 6.45) is 3.75. The summed E-state index contributed by atoms with van der Waals surface area (Å²) in [6.45, 7) is 1.73. The predicted molar refractivity (Wildman–Crippen MR) is 81.4 cm³/mol. The number of amides is 1. The van der Waals surface area contributed by atoms with Gasteiger partial charge in [-0.05, 0) is 43.4 Å². The molecule has 1 aliphatic rings. The van der Waals surface area contributed by atoms with E-state index in [9.17, 15) is 13.2 Å². The predicted octanol–water partition coefficient (Wildman–Crippen LogP) is 3.06. The van der Waals surface area contributed by atoms with E-state index in [0.29, 0.717) is 23.6 Å². The van der Waals surface area contributed by atoms with Gasteiger partial charge in [0, 0.05) is 17.1 Å². The molecule has 1 N–H and O–H groups in total. The van der Waals surface area contributed by atoms with Gasteiger partial charge in [-0.1, -0.05) is 6.42 Å². The van der Waals surface area contributed by atoms with Crippen molar-refractivity contribution in [1.82, 2.24) is 0 Å². The van der Waals surface area contributed by atoms with Crippen molar-refractivity contribution < 1.29 is 17.9 Å². The van der Waals surface area contributed by atoms with Crippen molar-refractivity contribution in [2.45, 2.75) is 37.5 Å². The van der Waals surface area contributed by atoms with Crippen molar-refractivity contribution in [3.8, 4) is 5.75 Å². The van der Waals surface area contributed by atoms with Gasteiger partial charge in [0.1, 0.15) is 4.90 Å². The molecule has 1 amide bonds. The van der Waals surface area contributed by atoms with Crippen molar-refractivity contribution in [1.29, 1.82) is 0 Å². The minimum atomic E-state index is -3.95. The maximum Gasteiger partial charge on any atom is 0.265 e. The maximum absolute atomic E-state index is 12.0. The van der Waals surface area contributed by atoms with E-state index in [1.807, 2.05) is 0 Å². The van der Waals surface area contributed by atoms with E-state index in [2.05, 4.69) is 5.32 Å². The number of aryl methyl sites for hydroxylation is 1. The molecule has 1 aliphatic carbocycles. The van der Waals surface area contributed by atoms with E-state index < -0.39 is 9.05 Å². The minimum Gasteiger partial charge on any atom is -0.493 e. The fourth-order valence-electron chi connectivity index (χ4n) is 2.38. The standard InChI is InChI=1S/C14H18ClNO4S/c1-9-6-11(16-13(17)8-10-4-3-5-10)14(20-2)12(7-9)21(15,18)19/h6-7,10H,3-5,8H2,1-2H3,(H,16,17). The van der Waals surface area contributed by atoms with Crippen molar-refractivity contribution in [2.75, 3.05) is 12.4 Å². The number of nitrogens with one attached hydrogen (secondary N) is 1. The van der Waals surface area contributed by atoms with Crippen LogP contribution in [0.15, 0.2) is 17.0 Å². The van der Waals surface area contributed by atoms with Crippen molar-refractivity contribution >= 4 is 31.3 Å². The third-order valence-corrected chi connectivity index (χ3v) is 4.97. The highest BCUT2D eigenvalue weighted by Crippen LogP contribution is 2.36. The van der Waals surface area contributed by atoms with Crippen LogP contribution in [0, 0.1) is 12.8 Å². The van der Waals surface area contributed by atoms with Gasteiger partial charge in [0.15, 0.2) is 5.75 Å². The summed E-state index contributed by atoms with van der Waals surface area (Å²) < 4.78 is 28.3. The molecule has 0 spiro atoms. The lowest BCUT2D eigenvalue weighted by molar-refractivity contribution is -0.117. The Kier molecular flexibility index (Phi) is 4.78. The highest BCUT2D eigenvalue weighted by Gasteiger charge is 2.24. The Morgan fingerprint density at radius 1 is 1.43 bits per heavy atom. The summed E-state index contributed by atoms with van der Waals surface area (Å²) in [5, 5.41) is 2.73. The minimum absolute atomic E-state index is 0.0672. The Labute approximate surface area is 129 Å². The van der Waals surface area contributed by atoms with Gasteiger partial charge in [0.05, 0.1) is 12.8 Å². The zero-order valence-electron chi connectivity index (χ0n) is 12.0. The topological polar surface area (TPSA) is 72.5 Å². The second-order valence-electron chi connectivity index (χ2n) is 5.33. The summed E-state index contributed by atoms with van der Waals surface area (Å²) >= 11 is 0. The van der Waals surface area contributed by atoms with Gasteiger partial charge in [-0.15, -0.1) is 0 Å². The summed E-state index contributed by atoms with van der Waals surface area (Å²) in [5.41, 5.74) is 1.01. The zero-order valence-corrected chi connectivity index (χ0v) is 13.6. The molecule has 0 unspecified atom stereocenters. The summed E-state index contributed by atoms with van der Waals surface area (Å²) in [4.78, 5) is 11.9. The fraction of sp³-hybridized carbons (Fsp3) is 0.500. The van der Waals surface area contributed by atoms with Crippen LogP contribution in [0.25, 0.3) is 0 Å². The van der Waals surface area contributed by atoms with Crippen LogP contribution in [-0.4, -0.2) is 21.4 Å². The van der Waals surface area contributed by atoms with Crippen LogP contribution in [0.4, 0.5) is 5.69 Å². The van der Waals surface area contributed by atoms with E-state index in [4.69, 9.17) is 15.4 Å². The number of halogens is 1. The highest BCUT2D eigenvalue weighted by atomic mass is 35.7. The number of carbonyl (C=O) groups excluding carboxylic acids is 1. The molecule has 5 nitrogen and oxygen atoms in total. The molecule has 0 bridgehead atoms. The second-order valence-corrected chi connectivity index (χ2v) is 7.87. The second kappa shape index (κ2) is 6.23. The smallest absolute Gasteiger partial charge is 0.265 e. The molecule has 7 heteroatoms. The molecule has 1 aromatic rings. The molecule has 0 aliphatic heterocycles. The molecular formula is C14H18ClNO4S. The first-order chi connectivity index (χ1) is 9.81. The Hall–Kier alpha value is -1.27. The van der Waals surface area contributed by atoms with Crippen LogP contribution in [-0.2, 0) is 13.8 Å². The molecule has 2 rings (SSSR count). The first-order valence-electron chi connectivity index (χ1n) is 6.74. The van der Waals surface area contributed by atoms with Gasteiger partial charge in [-0.3, -0.25) is 4.79 Å². The van der Waals surface area contributed by atoms with E-state index in [-0.39, 0.29) is 16.6 Å². The first-order valence-corrected chi connectivity index (χ1v) is 9.05. The van der Waals surface area contributed by atoms with Crippen LogP contribution in [0.5, 0.6) is 5.75 Å². The zero-order chi connectivity index (χ0) is 15.6. The molecule has 21 heavy (non-hydrogen) atoms. The lowest BCUT2D eigenvalue weighted by Gasteiger charge is -2.24. The van der Waals surface area contributed by atoms with Gasteiger partial charge in [-0.25, -0.2) is 8.42 Å². The highest BCUT2D eigenvalue weighted by molar-refractivity contribution is 8.13. The number of anilines is 1. The number of hydrogen-bond acceptors (Lipinski definition) is 4. The number of hydrogen-bond donors (Lipinski definition) is 1. The Balaban J connectivity index is 2.29. The SMILES string of the molecule is COc1c(NC(=O)CC2CCC2)cc(C)cc1S(=O)(=O)Cl. The molecule has 0 aromatic heterocycles. The van der Waals surface area contributed by atoms with Crippen molar-refractivity contribution in [3.63, 3.8) is 0 Å². The molecule has 0 heterocycles. The van der Waals surface area contributed by atoms with Gasteiger partial charge in [-0.2, -0.15) is 0 Å². The van der Waals surface area contributed by atoms with Crippen LogP contribution < -0.4 is 10.1 Å². The number of benzene rings is 1. The Morgan fingerprint density at radius 2 is 2.10 bits per heavy atom. The molecular weight excluding hydrogens is 314 g/mol. The molecule has 1 saturated carbocycles. The molecule has 0 saturated heterocycles. The third-order valence-electron chi connectivity index (χ3n) is 3.64. The lowest BCUT2D eigenvalue weighted by atomic mass is 9.83. The van der Waals surface area contributed by atoms with Gasteiger partial charge in [0.2, 0.25) is 5.91 Å². The number of ether oxygens (including phenoxy) is 1.